The number of anilines is 1. The highest BCUT2D eigenvalue weighted by Gasteiger charge is 2.39. The molecule has 0 N–H and O–H groups in total. The summed E-state index contributed by atoms with van der Waals surface area (Å²) < 4.78 is 90.1. The van der Waals surface area contributed by atoms with E-state index in [0.717, 1.165) is 12.1 Å². The zero-order chi connectivity index (χ0) is 30.9. The maximum absolute atomic E-state index is 14.1. The van der Waals surface area contributed by atoms with E-state index in [-0.39, 0.29) is 47.7 Å². The number of halogens is 5. The highest BCUT2D eigenvalue weighted by Crippen LogP contribution is 2.46. The number of para-hydroxylation sites is 1. The molecule has 1 atom stereocenters. The van der Waals surface area contributed by atoms with Gasteiger partial charge in [0, 0.05) is 18.1 Å². The van der Waals surface area contributed by atoms with Gasteiger partial charge in [-0.15, -0.1) is 0 Å². The number of methoxy groups -OCH3 is 2. The van der Waals surface area contributed by atoms with E-state index in [1.54, 1.807) is 25.1 Å². The molecule has 0 amide bonds. The van der Waals surface area contributed by atoms with E-state index in [1.807, 2.05) is 13.8 Å². The standard InChI is InChI=1S/C23H21F5N2O3.C4H8O2.C2H6/c1-12-10-29-18-11-33-20(14-5-4-6-17(31-2)21(14)32-3)15-9-13(23(26,27)28)7-8-16(15)30(18)19(12)22(24)25;1-3-6-4(2)5;1-2/h4-9,20,22H,10-11H2,1-3H3;3H2,1-2H3;1-2H3/t20-;;/m1../s1. The van der Waals surface area contributed by atoms with Crippen LogP contribution in [0.15, 0.2) is 52.7 Å². The Hall–Kier alpha value is -3.67. The molecule has 0 fully saturated rings. The molecule has 0 aliphatic carbocycles. The van der Waals surface area contributed by atoms with Crippen molar-refractivity contribution in [3.8, 4) is 11.5 Å². The minimum absolute atomic E-state index is 0.0536. The lowest BCUT2D eigenvalue weighted by Gasteiger charge is -2.32. The van der Waals surface area contributed by atoms with Crippen molar-refractivity contribution in [2.45, 2.75) is 53.3 Å². The van der Waals surface area contributed by atoms with Crippen molar-refractivity contribution in [3.63, 3.8) is 0 Å². The van der Waals surface area contributed by atoms with Crippen molar-refractivity contribution in [3.05, 3.63) is 64.4 Å². The van der Waals surface area contributed by atoms with Crippen LogP contribution in [0.1, 0.15) is 57.4 Å². The van der Waals surface area contributed by atoms with E-state index < -0.39 is 24.3 Å². The fourth-order valence-corrected chi connectivity index (χ4v) is 4.33. The molecule has 0 saturated heterocycles. The first-order valence-electron chi connectivity index (χ1n) is 12.9. The van der Waals surface area contributed by atoms with Gasteiger partial charge in [0.15, 0.2) is 11.5 Å². The maximum Gasteiger partial charge on any atom is 0.416 e. The number of nitrogens with zero attached hydrogens (tertiary/aromatic N) is 2. The van der Waals surface area contributed by atoms with E-state index in [9.17, 15) is 26.7 Å². The normalized spacial score (nSPS) is 16.2. The Morgan fingerprint density at radius 3 is 2.32 bits per heavy atom. The van der Waals surface area contributed by atoms with Crippen LogP contribution in [-0.2, 0) is 20.4 Å². The van der Waals surface area contributed by atoms with E-state index in [1.165, 1.54) is 39.0 Å². The number of alkyl halides is 5. The molecule has 0 spiro atoms. The van der Waals surface area contributed by atoms with Crippen LogP contribution >= 0.6 is 0 Å². The number of fused-ring (bicyclic) bond motifs is 3. The summed E-state index contributed by atoms with van der Waals surface area (Å²) >= 11 is 0. The van der Waals surface area contributed by atoms with Crippen molar-refractivity contribution in [1.29, 1.82) is 0 Å². The smallest absolute Gasteiger partial charge is 0.416 e. The Morgan fingerprint density at radius 1 is 1.12 bits per heavy atom. The largest absolute Gasteiger partial charge is 0.493 e. The second kappa shape index (κ2) is 14.8. The van der Waals surface area contributed by atoms with Crippen LogP contribution in [0.2, 0.25) is 0 Å². The first-order valence-corrected chi connectivity index (χ1v) is 12.9. The van der Waals surface area contributed by atoms with Gasteiger partial charge in [-0.2, -0.15) is 13.2 Å². The number of aliphatic imine (C=N–C) groups is 1. The van der Waals surface area contributed by atoms with Gasteiger partial charge in [0.05, 0.1) is 44.3 Å². The molecule has 4 rings (SSSR count). The minimum atomic E-state index is -4.64. The quantitative estimate of drug-likeness (QED) is 0.273. The summed E-state index contributed by atoms with van der Waals surface area (Å²) in [7, 11) is 2.84. The number of amidine groups is 1. The number of carbonyl (C=O) groups is 1. The molecule has 2 aromatic rings. The highest BCUT2D eigenvalue weighted by atomic mass is 19.4. The average Bonchev–Trinajstić information content (AvgIpc) is 3.09. The van der Waals surface area contributed by atoms with Crippen LogP contribution in [0.4, 0.5) is 27.6 Å². The van der Waals surface area contributed by atoms with Crippen molar-refractivity contribution < 1.29 is 45.7 Å². The van der Waals surface area contributed by atoms with Gasteiger partial charge in [-0.25, -0.2) is 8.78 Å². The molecule has 0 radical (unpaired) electrons. The Bertz CT molecular complexity index is 1260. The molecule has 226 valence electrons. The number of hydrogen-bond acceptors (Lipinski definition) is 7. The van der Waals surface area contributed by atoms with Gasteiger partial charge in [-0.3, -0.25) is 14.7 Å². The van der Waals surface area contributed by atoms with E-state index in [2.05, 4.69) is 9.73 Å². The number of hydrogen-bond donors (Lipinski definition) is 0. The van der Waals surface area contributed by atoms with E-state index in [4.69, 9.17) is 14.2 Å². The van der Waals surface area contributed by atoms with Crippen LogP contribution in [-0.4, -0.2) is 52.2 Å². The monoisotopic (exact) mass is 586 g/mol. The van der Waals surface area contributed by atoms with Crippen LogP contribution in [0, 0.1) is 0 Å². The molecule has 2 heterocycles. The number of carbonyl (C=O) groups excluding carboxylic acids is 1. The van der Waals surface area contributed by atoms with E-state index >= 15 is 0 Å². The zero-order valence-electron chi connectivity index (χ0n) is 24.1. The van der Waals surface area contributed by atoms with Crippen LogP contribution in [0.25, 0.3) is 0 Å². The summed E-state index contributed by atoms with van der Waals surface area (Å²) in [4.78, 5) is 15.4. The first kappa shape index (κ1) is 33.5. The molecule has 0 saturated carbocycles. The topological polar surface area (TPSA) is 69.6 Å². The predicted octanol–water partition coefficient (Wildman–Crippen LogP) is 7.20. The summed E-state index contributed by atoms with van der Waals surface area (Å²) in [5, 5.41) is 0. The van der Waals surface area contributed by atoms with Gasteiger partial charge in [-0.1, -0.05) is 26.0 Å². The highest BCUT2D eigenvalue weighted by molar-refractivity contribution is 6.04. The van der Waals surface area contributed by atoms with Gasteiger partial charge >= 0.3 is 12.1 Å². The molecule has 0 aromatic heterocycles. The molecule has 7 nitrogen and oxygen atoms in total. The Balaban J connectivity index is 0.000000654. The Morgan fingerprint density at radius 2 is 1.80 bits per heavy atom. The lowest BCUT2D eigenvalue weighted by molar-refractivity contribution is -0.140. The Labute approximate surface area is 236 Å². The molecule has 12 heteroatoms. The third-order valence-corrected chi connectivity index (χ3v) is 5.96. The molecular weight excluding hydrogens is 551 g/mol. The average molecular weight is 587 g/mol. The second-order valence-corrected chi connectivity index (χ2v) is 8.50. The fourth-order valence-electron chi connectivity index (χ4n) is 4.33. The van der Waals surface area contributed by atoms with E-state index in [0.29, 0.717) is 23.5 Å². The molecular formula is C29H35F5N2O5. The fraction of sp³-hybridized carbons (Fsp3) is 0.448. The molecule has 0 unspecified atom stereocenters. The summed E-state index contributed by atoms with van der Waals surface area (Å²) in [6.07, 6.45) is -8.55. The lowest BCUT2D eigenvalue weighted by atomic mass is 9.95. The van der Waals surface area contributed by atoms with Gasteiger partial charge < -0.3 is 18.9 Å². The molecule has 2 aliphatic rings. The maximum atomic E-state index is 14.1. The summed E-state index contributed by atoms with van der Waals surface area (Å²) in [6, 6.07) is 7.90. The van der Waals surface area contributed by atoms with Crippen molar-refractivity contribution in [2.24, 2.45) is 4.99 Å². The number of benzene rings is 2. The van der Waals surface area contributed by atoms with Crippen LogP contribution in [0.3, 0.4) is 0 Å². The van der Waals surface area contributed by atoms with Gasteiger partial charge in [0.1, 0.15) is 18.5 Å². The minimum Gasteiger partial charge on any atom is -0.493 e. The van der Waals surface area contributed by atoms with Crippen molar-refractivity contribution >= 4 is 17.5 Å². The molecule has 0 bridgehead atoms. The van der Waals surface area contributed by atoms with Gasteiger partial charge in [0.2, 0.25) is 0 Å². The summed E-state index contributed by atoms with van der Waals surface area (Å²) in [5.74, 6) is 0.616. The number of ether oxygens (including phenoxy) is 4. The molecule has 2 aliphatic heterocycles. The number of esters is 1. The van der Waals surface area contributed by atoms with Crippen LogP contribution in [0.5, 0.6) is 11.5 Å². The molecule has 2 aromatic carbocycles. The molecule has 41 heavy (non-hydrogen) atoms. The third kappa shape index (κ3) is 7.75. The zero-order valence-corrected chi connectivity index (χ0v) is 24.1. The van der Waals surface area contributed by atoms with Crippen LogP contribution < -0.4 is 14.4 Å². The van der Waals surface area contributed by atoms with Gasteiger partial charge in [0.25, 0.3) is 6.43 Å². The summed E-state index contributed by atoms with van der Waals surface area (Å²) in [6.45, 7) is 9.04. The van der Waals surface area contributed by atoms with Crippen molar-refractivity contribution in [2.75, 3.05) is 38.9 Å². The van der Waals surface area contributed by atoms with Crippen molar-refractivity contribution in [1.82, 2.24) is 0 Å². The number of allylic oxidation sites excluding steroid dienone is 1. The summed E-state index contributed by atoms with van der Waals surface area (Å²) in [5.41, 5.74) is -0.289. The Kier molecular flexibility index (Phi) is 12.1. The lowest BCUT2D eigenvalue weighted by Crippen LogP contribution is -2.39. The first-order chi connectivity index (χ1) is 19.4. The second-order valence-electron chi connectivity index (χ2n) is 8.50. The predicted molar refractivity (Wildman–Crippen MR) is 146 cm³/mol. The third-order valence-electron chi connectivity index (χ3n) is 5.96. The SMILES string of the molecule is CC.CCOC(C)=O.COc1cccc([C@H]2OCC3=NCC(C)=C(C(F)F)N3c3ccc(C(F)(F)F)cc32)c1OC. The van der Waals surface area contributed by atoms with Gasteiger partial charge in [-0.05, 0) is 43.7 Å². The number of rotatable bonds is 5.